The molecule has 0 saturated carbocycles. The zero-order valence-corrected chi connectivity index (χ0v) is 13.4. The molecular weight excluding hydrogens is 267 g/mol. The molecule has 1 heterocycles. The number of rotatable bonds is 7. The zero-order chi connectivity index (χ0) is 15.2. The molecule has 1 N–H and O–H groups in total. The van der Waals surface area contributed by atoms with Gasteiger partial charge in [0, 0.05) is 32.3 Å². The van der Waals surface area contributed by atoms with Gasteiger partial charge < -0.3 is 15.0 Å². The molecule has 1 aliphatic heterocycles. The second-order valence-corrected chi connectivity index (χ2v) is 5.96. The second kappa shape index (κ2) is 7.76. The fraction of sp³-hybridized carbons (Fsp3) is 0.647. The summed E-state index contributed by atoms with van der Waals surface area (Å²) in [5, 5.41) is 3.38. The number of anilines is 1. The summed E-state index contributed by atoms with van der Waals surface area (Å²) in [4.78, 5) is 2.11. The number of likely N-dealkylation sites (N-methyl/N-ethyl adjacent to an activating group) is 1. The summed E-state index contributed by atoms with van der Waals surface area (Å²) in [7, 11) is 0. The Bertz CT molecular complexity index is 444. The largest absolute Gasteiger partial charge is 0.376 e. The van der Waals surface area contributed by atoms with E-state index in [-0.39, 0.29) is 11.9 Å². The molecule has 0 aliphatic carbocycles. The Labute approximate surface area is 127 Å². The van der Waals surface area contributed by atoms with Gasteiger partial charge in [0.1, 0.15) is 5.82 Å². The van der Waals surface area contributed by atoms with Gasteiger partial charge in [-0.2, -0.15) is 0 Å². The van der Waals surface area contributed by atoms with E-state index in [1.165, 1.54) is 0 Å². The van der Waals surface area contributed by atoms with E-state index in [4.69, 9.17) is 4.74 Å². The van der Waals surface area contributed by atoms with Crippen molar-refractivity contribution in [3.05, 3.63) is 29.6 Å². The van der Waals surface area contributed by atoms with Gasteiger partial charge in [0.15, 0.2) is 0 Å². The van der Waals surface area contributed by atoms with Crippen LogP contribution >= 0.6 is 0 Å². The number of hydrogen-bond donors (Lipinski definition) is 1. The van der Waals surface area contributed by atoms with Crippen LogP contribution in [-0.2, 0) is 11.3 Å². The van der Waals surface area contributed by atoms with Crippen LogP contribution in [0.1, 0.15) is 39.2 Å². The molecule has 0 aromatic heterocycles. The highest BCUT2D eigenvalue weighted by Gasteiger charge is 2.22. The van der Waals surface area contributed by atoms with Crippen LogP contribution in [0.4, 0.5) is 10.1 Å². The maximum atomic E-state index is 14.4. The average molecular weight is 294 g/mol. The van der Waals surface area contributed by atoms with Crippen molar-refractivity contribution in [2.45, 2.75) is 52.3 Å². The van der Waals surface area contributed by atoms with Gasteiger partial charge in [-0.05, 0) is 31.4 Å². The van der Waals surface area contributed by atoms with Crippen LogP contribution in [0.25, 0.3) is 0 Å². The molecule has 118 valence electrons. The fourth-order valence-corrected chi connectivity index (χ4v) is 2.78. The van der Waals surface area contributed by atoms with Crippen LogP contribution in [0, 0.1) is 5.82 Å². The summed E-state index contributed by atoms with van der Waals surface area (Å²) in [6.45, 7) is 9.35. The molecule has 1 unspecified atom stereocenters. The molecule has 1 fully saturated rings. The van der Waals surface area contributed by atoms with Gasteiger partial charge in [-0.25, -0.2) is 4.39 Å². The smallest absolute Gasteiger partial charge is 0.146 e. The summed E-state index contributed by atoms with van der Waals surface area (Å²) in [6, 6.07) is 5.73. The number of halogens is 1. The van der Waals surface area contributed by atoms with Crippen molar-refractivity contribution in [2.24, 2.45) is 0 Å². The van der Waals surface area contributed by atoms with Gasteiger partial charge in [0.25, 0.3) is 0 Å². The summed E-state index contributed by atoms with van der Waals surface area (Å²) in [6.07, 6.45) is 2.42. The molecule has 0 bridgehead atoms. The number of hydrogen-bond acceptors (Lipinski definition) is 3. The van der Waals surface area contributed by atoms with Crippen molar-refractivity contribution < 1.29 is 9.13 Å². The fourth-order valence-electron chi connectivity index (χ4n) is 2.78. The summed E-state index contributed by atoms with van der Waals surface area (Å²) in [5.74, 6) is -0.141. The quantitative estimate of drug-likeness (QED) is 0.835. The molecule has 1 aliphatic rings. The highest BCUT2D eigenvalue weighted by atomic mass is 19.1. The maximum Gasteiger partial charge on any atom is 0.146 e. The molecule has 1 aromatic rings. The first-order chi connectivity index (χ1) is 10.1. The van der Waals surface area contributed by atoms with E-state index < -0.39 is 0 Å². The molecule has 1 atom stereocenters. The lowest BCUT2D eigenvalue weighted by molar-refractivity contribution is 0.115. The Morgan fingerprint density at radius 2 is 2.24 bits per heavy atom. The maximum absolute atomic E-state index is 14.4. The Morgan fingerprint density at radius 3 is 2.86 bits per heavy atom. The number of benzene rings is 1. The summed E-state index contributed by atoms with van der Waals surface area (Å²) < 4.78 is 20.1. The third-order valence-electron chi connectivity index (χ3n) is 3.92. The predicted octanol–water partition coefficient (Wildman–Crippen LogP) is 3.33. The van der Waals surface area contributed by atoms with Crippen molar-refractivity contribution in [3.63, 3.8) is 0 Å². The second-order valence-electron chi connectivity index (χ2n) is 5.96. The van der Waals surface area contributed by atoms with Crippen molar-refractivity contribution in [2.75, 3.05) is 24.6 Å². The van der Waals surface area contributed by atoms with E-state index in [9.17, 15) is 4.39 Å². The molecule has 21 heavy (non-hydrogen) atoms. The van der Waals surface area contributed by atoms with Gasteiger partial charge in [0.05, 0.1) is 11.8 Å². The minimum absolute atomic E-state index is 0.141. The molecular formula is C17H27FN2O. The van der Waals surface area contributed by atoms with Gasteiger partial charge in [0.2, 0.25) is 0 Å². The van der Waals surface area contributed by atoms with Crippen LogP contribution in [-0.4, -0.2) is 31.8 Å². The third kappa shape index (κ3) is 4.42. The van der Waals surface area contributed by atoms with Gasteiger partial charge in [-0.15, -0.1) is 0 Å². The van der Waals surface area contributed by atoms with Gasteiger partial charge in [-0.1, -0.05) is 26.0 Å². The van der Waals surface area contributed by atoms with Crippen molar-refractivity contribution >= 4 is 5.69 Å². The van der Waals surface area contributed by atoms with Crippen LogP contribution in [0.15, 0.2) is 18.2 Å². The summed E-state index contributed by atoms with van der Waals surface area (Å²) in [5.41, 5.74) is 1.74. The van der Waals surface area contributed by atoms with E-state index in [0.717, 1.165) is 43.8 Å². The van der Waals surface area contributed by atoms with Crippen LogP contribution in [0.2, 0.25) is 0 Å². The molecule has 0 radical (unpaired) electrons. The number of nitrogens with one attached hydrogen (secondary N) is 1. The zero-order valence-electron chi connectivity index (χ0n) is 13.4. The molecule has 4 heteroatoms. The first kappa shape index (κ1) is 16.2. The lowest BCUT2D eigenvalue weighted by atomic mass is 10.1. The minimum Gasteiger partial charge on any atom is -0.376 e. The van der Waals surface area contributed by atoms with Crippen LogP contribution in [0.3, 0.4) is 0 Å². The van der Waals surface area contributed by atoms with Gasteiger partial charge in [-0.3, -0.25) is 0 Å². The Hall–Kier alpha value is -1.13. The normalized spacial score (nSPS) is 18.4. The first-order valence-electron chi connectivity index (χ1n) is 7.99. The highest BCUT2D eigenvalue weighted by molar-refractivity contribution is 5.55. The van der Waals surface area contributed by atoms with E-state index in [1.54, 1.807) is 12.1 Å². The molecule has 0 amide bonds. The molecule has 2 rings (SSSR count). The number of ether oxygens (including phenoxy) is 1. The molecule has 1 aromatic carbocycles. The van der Waals surface area contributed by atoms with Crippen molar-refractivity contribution in [1.82, 2.24) is 5.32 Å². The van der Waals surface area contributed by atoms with E-state index in [0.29, 0.717) is 12.6 Å². The Kier molecular flexibility index (Phi) is 6.00. The summed E-state index contributed by atoms with van der Waals surface area (Å²) >= 11 is 0. The van der Waals surface area contributed by atoms with Crippen LogP contribution in [0.5, 0.6) is 0 Å². The van der Waals surface area contributed by atoms with Crippen molar-refractivity contribution in [1.29, 1.82) is 0 Å². The minimum atomic E-state index is -0.141. The Morgan fingerprint density at radius 1 is 1.43 bits per heavy atom. The number of nitrogens with zero attached hydrogens (tertiary/aromatic N) is 1. The van der Waals surface area contributed by atoms with Gasteiger partial charge >= 0.3 is 0 Å². The topological polar surface area (TPSA) is 24.5 Å². The molecule has 0 spiro atoms. The first-order valence-corrected chi connectivity index (χ1v) is 7.99. The van der Waals surface area contributed by atoms with Crippen molar-refractivity contribution in [3.8, 4) is 0 Å². The van der Waals surface area contributed by atoms with E-state index in [1.807, 2.05) is 6.07 Å². The van der Waals surface area contributed by atoms with E-state index in [2.05, 4.69) is 31.0 Å². The third-order valence-corrected chi connectivity index (χ3v) is 3.92. The molecule has 1 saturated heterocycles. The van der Waals surface area contributed by atoms with Crippen LogP contribution < -0.4 is 10.2 Å². The number of para-hydroxylation sites is 1. The lowest BCUT2D eigenvalue weighted by Crippen LogP contribution is -2.34. The molecule has 3 nitrogen and oxygen atoms in total. The Balaban J connectivity index is 2.17. The SMILES string of the molecule is CCN(CC1CCCO1)c1c(F)cccc1CNC(C)C. The standard InChI is InChI=1S/C17H27FN2O/c1-4-20(12-15-8-6-10-21-15)17-14(11-19-13(2)3)7-5-9-16(17)18/h5,7,9,13,15,19H,4,6,8,10-12H2,1-3H3. The predicted molar refractivity (Wildman–Crippen MR) is 85.2 cm³/mol. The monoisotopic (exact) mass is 294 g/mol. The average Bonchev–Trinajstić information content (AvgIpc) is 2.96. The van der Waals surface area contributed by atoms with E-state index >= 15 is 0 Å². The lowest BCUT2D eigenvalue weighted by Gasteiger charge is -2.29. The highest BCUT2D eigenvalue weighted by Crippen LogP contribution is 2.26.